The fourth-order valence-electron chi connectivity index (χ4n) is 1.76. The van der Waals surface area contributed by atoms with Crippen LogP contribution >= 0.6 is 0 Å². The van der Waals surface area contributed by atoms with Gasteiger partial charge in [0.1, 0.15) is 5.75 Å². The summed E-state index contributed by atoms with van der Waals surface area (Å²) in [5.41, 5.74) is 5.38. The quantitative estimate of drug-likeness (QED) is 0.401. The summed E-state index contributed by atoms with van der Waals surface area (Å²) in [5, 5.41) is 22.7. The number of carbonyl (C=O) groups is 1. The van der Waals surface area contributed by atoms with Crippen molar-refractivity contribution in [3.63, 3.8) is 0 Å². The first-order chi connectivity index (χ1) is 9.43. The van der Waals surface area contributed by atoms with E-state index in [1.807, 2.05) is 6.92 Å². The van der Waals surface area contributed by atoms with Crippen LogP contribution in [-0.4, -0.2) is 22.5 Å². The molecule has 0 fully saturated rings. The van der Waals surface area contributed by atoms with Gasteiger partial charge in [0.25, 0.3) is 5.69 Å². The number of aromatic hydroxyl groups is 1. The average molecular weight is 281 g/mol. The van der Waals surface area contributed by atoms with Crippen molar-refractivity contribution in [1.29, 1.82) is 0 Å². The largest absolute Gasteiger partial charge is 0.506 e. The summed E-state index contributed by atoms with van der Waals surface area (Å²) in [6, 6.07) is 3.55. The van der Waals surface area contributed by atoms with Crippen LogP contribution in [0, 0.1) is 16.0 Å². The lowest BCUT2D eigenvalue weighted by Crippen LogP contribution is -2.14. The maximum Gasteiger partial charge on any atom is 0.273 e. The van der Waals surface area contributed by atoms with E-state index < -0.39 is 4.92 Å². The van der Waals surface area contributed by atoms with Gasteiger partial charge in [0, 0.05) is 12.5 Å². The minimum Gasteiger partial charge on any atom is -0.506 e. The van der Waals surface area contributed by atoms with Gasteiger partial charge in [-0.15, -0.1) is 0 Å². The number of anilines is 1. The van der Waals surface area contributed by atoms with Crippen molar-refractivity contribution in [2.75, 3.05) is 11.9 Å². The number of carbonyl (C=O) groups excluding carboxylic acids is 1. The summed E-state index contributed by atoms with van der Waals surface area (Å²) < 4.78 is 0. The molecule has 1 unspecified atom stereocenters. The van der Waals surface area contributed by atoms with Gasteiger partial charge in [0.2, 0.25) is 5.91 Å². The molecule has 0 saturated carbocycles. The highest BCUT2D eigenvalue weighted by Crippen LogP contribution is 2.28. The van der Waals surface area contributed by atoms with Crippen LogP contribution in [0.2, 0.25) is 0 Å². The molecule has 0 aliphatic carbocycles. The highest BCUT2D eigenvalue weighted by molar-refractivity contribution is 5.92. The minimum atomic E-state index is -0.611. The molecule has 7 heteroatoms. The molecule has 0 spiro atoms. The number of nitrogens with zero attached hydrogens (tertiary/aromatic N) is 1. The summed E-state index contributed by atoms with van der Waals surface area (Å²) in [6.45, 7) is 2.61. The standard InChI is InChI=1S/C13H19N3O4/c1-9(6-7-14)2-5-13(18)15-11-4-3-10(16(19)20)8-12(11)17/h3-4,8-9,17H,2,5-7,14H2,1H3,(H,15,18). The fourth-order valence-corrected chi connectivity index (χ4v) is 1.76. The van der Waals surface area contributed by atoms with Crippen LogP contribution in [0.5, 0.6) is 5.75 Å². The first-order valence-corrected chi connectivity index (χ1v) is 6.41. The van der Waals surface area contributed by atoms with Crippen molar-refractivity contribution in [2.45, 2.75) is 26.2 Å². The van der Waals surface area contributed by atoms with Crippen LogP contribution in [0.1, 0.15) is 26.2 Å². The number of rotatable bonds is 7. The van der Waals surface area contributed by atoms with E-state index in [0.717, 1.165) is 12.5 Å². The average Bonchev–Trinajstić information content (AvgIpc) is 2.39. The molecular formula is C13H19N3O4. The lowest BCUT2D eigenvalue weighted by molar-refractivity contribution is -0.384. The Labute approximate surface area is 116 Å². The summed E-state index contributed by atoms with van der Waals surface area (Å²) in [4.78, 5) is 21.6. The van der Waals surface area contributed by atoms with Gasteiger partial charge in [0.05, 0.1) is 16.7 Å². The molecule has 1 rings (SSSR count). The summed E-state index contributed by atoms with van der Waals surface area (Å²) >= 11 is 0. The summed E-state index contributed by atoms with van der Waals surface area (Å²) in [6.07, 6.45) is 1.88. The van der Waals surface area contributed by atoms with Gasteiger partial charge < -0.3 is 16.2 Å². The zero-order chi connectivity index (χ0) is 15.1. The Morgan fingerprint density at radius 1 is 1.50 bits per heavy atom. The number of nitrogens with one attached hydrogen (secondary N) is 1. The van der Waals surface area contributed by atoms with Gasteiger partial charge in [-0.1, -0.05) is 6.92 Å². The number of phenolic OH excluding ortho intramolecular Hbond substituents is 1. The smallest absolute Gasteiger partial charge is 0.273 e. The summed E-state index contributed by atoms with van der Waals surface area (Å²) in [5.74, 6) is -0.197. The Hall–Kier alpha value is -2.15. The molecule has 0 aromatic heterocycles. The molecule has 110 valence electrons. The van der Waals surface area contributed by atoms with E-state index in [-0.39, 0.29) is 23.0 Å². The topological polar surface area (TPSA) is 118 Å². The molecule has 1 amide bonds. The first kappa shape index (κ1) is 15.9. The van der Waals surface area contributed by atoms with Crippen LogP contribution in [-0.2, 0) is 4.79 Å². The van der Waals surface area contributed by atoms with Gasteiger partial charge in [0.15, 0.2) is 0 Å². The van der Waals surface area contributed by atoms with E-state index in [2.05, 4.69) is 5.32 Å². The Balaban J connectivity index is 2.56. The van der Waals surface area contributed by atoms with E-state index in [1.54, 1.807) is 0 Å². The second-order valence-corrected chi connectivity index (χ2v) is 4.73. The van der Waals surface area contributed by atoms with E-state index in [1.165, 1.54) is 12.1 Å². The Kier molecular flexibility index (Phi) is 5.92. The molecule has 0 radical (unpaired) electrons. The van der Waals surface area contributed by atoms with Crippen LogP contribution < -0.4 is 11.1 Å². The van der Waals surface area contributed by atoms with Crippen LogP contribution in [0.3, 0.4) is 0 Å². The van der Waals surface area contributed by atoms with Crippen molar-refractivity contribution in [1.82, 2.24) is 0 Å². The molecule has 0 saturated heterocycles. The third-order valence-corrected chi connectivity index (χ3v) is 2.99. The molecule has 1 aromatic carbocycles. The number of nitrogens with two attached hydrogens (primary N) is 1. The molecule has 0 aliphatic heterocycles. The number of non-ortho nitro benzene ring substituents is 1. The number of amides is 1. The monoisotopic (exact) mass is 281 g/mol. The van der Waals surface area contributed by atoms with Gasteiger partial charge >= 0.3 is 0 Å². The maximum atomic E-state index is 11.7. The van der Waals surface area contributed by atoms with Gasteiger partial charge in [-0.3, -0.25) is 14.9 Å². The van der Waals surface area contributed by atoms with Crippen molar-refractivity contribution in [3.05, 3.63) is 28.3 Å². The number of nitro benzene ring substituents is 1. The Bertz CT molecular complexity index is 491. The van der Waals surface area contributed by atoms with Crippen molar-refractivity contribution in [2.24, 2.45) is 11.7 Å². The van der Waals surface area contributed by atoms with Crippen LogP contribution in [0.15, 0.2) is 18.2 Å². The third kappa shape index (κ3) is 4.85. The third-order valence-electron chi connectivity index (χ3n) is 2.99. The minimum absolute atomic E-state index is 0.173. The number of hydrogen-bond donors (Lipinski definition) is 3. The normalized spacial score (nSPS) is 11.9. The molecule has 1 atom stereocenters. The van der Waals surface area contributed by atoms with Crippen LogP contribution in [0.4, 0.5) is 11.4 Å². The van der Waals surface area contributed by atoms with Gasteiger partial charge in [-0.2, -0.15) is 0 Å². The van der Waals surface area contributed by atoms with Crippen molar-refractivity contribution >= 4 is 17.3 Å². The fraction of sp³-hybridized carbons (Fsp3) is 0.462. The van der Waals surface area contributed by atoms with Gasteiger partial charge in [-0.05, 0) is 31.4 Å². The van der Waals surface area contributed by atoms with Crippen molar-refractivity contribution < 1.29 is 14.8 Å². The molecule has 4 N–H and O–H groups in total. The Morgan fingerprint density at radius 2 is 2.20 bits per heavy atom. The molecule has 7 nitrogen and oxygen atoms in total. The molecule has 20 heavy (non-hydrogen) atoms. The lowest BCUT2D eigenvalue weighted by Gasteiger charge is -2.10. The number of benzene rings is 1. The second kappa shape index (κ2) is 7.44. The molecule has 0 bridgehead atoms. The zero-order valence-electron chi connectivity index (χ0n) is 11.3. The number of phenols is 1. The SMILES string of the molecule is CC(CCN)CCC(=O)Nc1ccc([N+](=O)[O-])cc1O. The summed E-state index contributed by atoms with van der Waals surface area (Å²) in [7, 11) is 0. The molecular weight excluding hydrogens is 262 g/mol. The molecule has 1 aromatic rings. The number of nitro groups is 1. The van der Waals surface area contributed by atoms with E-state index in [0.29, 0.717) is 25.3 Å². The number of hydrogen-bond acceptors (Lipinski definition) is 5. The second-order valence-electron chi connectivity index (χ2n) is 4.73. The predicted molar refractivity (Wildman–Crippen MR) is 75.5 cm³/mol. The maximum absolute atomic E-state index is 11.7. The molecule has 0 heterocycles. The highest BCUT2D eigenvalue weighted by Gasteiger charge is 2.12. The highest BCUT2D eigenvalue weighted by atomic mass is 16.6. The predicted octanol–water partition coefficient (Wildman–Crippen LogP) is 2.00. The molecule has 0 aliphatic rings. The van der Waals surface area contributed by atoms with Crippen molar-refractivity contribution in [3.8, 4) is 5.75 Å². The Morgan fingerprint density at radius 3 is 2.75 bits per heavy atom. The van der Waals surface area contributed by atoms with Crippen LogP contribution in [0.25, 0.3) is 0 Å². The van der Waals surface area contributed by atoms with E-state index in [4.69, 9.17) is 5.73 Å². The zero-order valence-corrected chi connectivity index (χ0v) is 11.3. The van der Waals surface area contributed by atoms with E-state index in [9.17, 15) is 20.0 Å². The van der Waals surface area contributed by atoms with E-state index >= 15 is 0 Å². The van der Waals surface area contributed by atoms with Gasteiger partial charge in [-0.25, -0.2) is 0 Å². The lowest BCUT2D eigenvalue weighted by atomic mass is 10.0. The first-order valence-electron chi connectivity index (χ1n) is 6.41.